The lowest BCUT2D eigenvalue weighted by Crippen LogP contribution is -2.42. The van der Waals surface area contributed by atoms with Gasteiger partial charge in [-0.05, 0) is 37.6 Å². The molecule has 0 atom stereocenters. The van der Waals surface area contributed by atoms with Crippen molar-refractivity contribution in [2.75, 3.05) is 24.5 Å². The van der Waals surface area contributed by atoms with E-state index in [1.165, 1.54) is 6.07 Å². The number of halogens is 4. The molecule has 2 rings (SSSR count). The number of hydrogen-bond acceptors (Lipinski definition) is 2. The Hall–Kier alpha value is -0.940. The summed E-state index contributed by atoms with van der Waals surface area (Å²) >= 11 is 5.64. The molecular weight excluding hydrogens is 289 g/mol. The molecule has 0 unspecified atom stereocenters. The third kappa shape index (κ3) is 3.58. The van der Waals surface area contributed by atoms with Crippen LogP contribution in [0.5, 0.6) is 0 Å². The predicted octanol–water partition coefficient (Wildman–Crippen LogP) is 3.94. The van der Waals surface area contributed by atoms with Crippen LogP contribution in [0.2, 0.25) is 5.02 Å². The normalized spacial score (nSPS) is 17.6. The molecule has 6 heteroatoms. The van der Waals surface area contributed by atoms with Crippen LogP contribution < -0.4 is 10.2 Å². The third-order valence-corrected chi connectivity index (χ3v) is 3.94. The Bertz CT molecular complexity index is 454. The van der Waals surface area contributed by atoms with Crippen molar-refractivity contribution in [3.8, 4) is 0 Å². The Balaban J connectivity index is 2.11. The maximum absolute atomic E-state index is 12.8. The molecule has 0 radical (unpaired) electrons. The van der Waals surface area contributed by atoms with Crippen LogP contribution in [0.1, 0.15) is 25.3 Å². The lowest BCUT2D eigenvalue weighted by molar-refractivity contribution is -0.137. The summed E-state index contributed by atoms with van der Waals surface area (Å²) < 4.78 is 38.5. The van der Waals surface area contributed by atoms with Crippen molar-refractivity contribution in [2.45, 2.75) is 32.0 Å². The van der Waals surface area contributed by atoms with Gasteiger partial charge in [0.25, 0.3) is 0 Å². The molecule has 1 aromatic rings. The van der Waals surface area contributed by atoms with Crippen LogP contribution in [0.25, 0.3) is 0 Å². The lowest BCUT2D eigenvalue weighted by atomic mass is 10.0. The van der Waals surface area contributed by atoms with Crippen molar-refractivity contribution in [3.63, 3.8) is 0 Å². The zero-order valence-corrected chi connectivity index (χ0v) is 12.1. The highest BCUT2D eigenvalue weighted by molar-refractivity contribution is 6.31. The molecule has 112 valence electrons. The van der Waals surface area contributed by atoms with E-state index in [0.717, 1.165) is 38.5 Å². The highest BCUT2D eigenvalue weighted by Gasteiger charge is 2.34. The van der Waals surface area contributed by atoms with Crippen LogP contribution in [-0.2, 0) is 6.18 Å². The van der Waals surface area contributed by atoms with Gasteiger partial charge in [0.1, 0.15) is 0 Å². The molecule has 1 N–H and O–H groups in total. The maximum Gasteiger partial charge on any atom is 0.417 e. The molecule has 0 bridgehead atoms. The molecule has 2 nitrogen and oxygen atoms in total. The first kappa shape index (κ1) is 15.4. The average Bonchev–Trinajstić information content (AvgIpc) is 2.39. The van der Waals surface area contributed by atoms with E-state index < -0.39 is 11.7 Å². The second-order valence-electron chi connectivity index (χ2n) is 4.98. The summed E-state index contributed by atoms with van der Waals surface area (Å²) in [5.74, 6) is 0. The Morgan fingerprint density at radius 2 is 1.95 bits per heavy atom. The van der Waals surface area contributed by atoms with Crippen molar-refractivity contribution in [1.82, 2.24) is 5.32 Å². The van der Waals surface area contributed by atoms with Gasteiger partial charge in [-0.25, -0.2) is 0 Å². The van der Waals surface area contributed by atoms with Crippen LogP contribution in [0.4, 0.5) is 18.9 Å². The quantitative estimate of drug-likeness (QED) is 0.910. The van der Waals surface area contributed by atoms with Gasteiger partial charge >= 0.3 is 6.18 Å². The molecular formula is C14H18ClF3N2. The Kier molecular flexibility index (Phi) is 4.81. The number of rotatable bonds is 3. The Morgan fingerprint density at radius 1 is 1.30 bits per heavy atom. The molecule has 0 spiro atoms. The van der Waals surface area contributed by atoms with Gasteiger partial charge in [-0.1, -0.05) is 18.5 Å². The van der Waals surface area contributed by atoms with Crippen molar-refractivity contribution in [1.29, 1.82) is 0 Å². The summed E-state index contributed by atoms with van der Waals surface area (Å²) in [6, 6.07) is 4.60. The lowest BCUT2D eigenvalue weighted by Gasteiger charge is -2.34. The monoisotopic (exact) mass is 306 g/mol. The minimum absolute atomic E-state index is 0.246. The highest BCUT2D eigenvalue weighted by atomic mass is 35.5. The second-order valence-corrected chi connectivity index (χ2v) is 5.39. The van der Waals surface area contributed by atoms with Gasteiger partial charge in [0.05, 0.1) is 10.6 Å². The molecule has 0 aromatic heterocycles. The molecule has 0 aliphatic carbocycles. The van der Waals surface area contributed by atoms with Crippen LogP contribution in [0.15, 0.2) is 18.2 Å². The molecule has 1 aliphatic rings. The zero-order chi connectivity index (χ0) is 14.8. The second kappa shape index (κ2) is 6.22. The fourth-order valence-corrected chi connectivity index (χ4v) is 2.78. The largest absolute Gasteiger partial charge is 0.417 e. The van der Waals surface area contributed by atoms with Crippen molar-refractivity contribution >= 4 is 17.3 Å². The molecule has 0 saturated carbocycles. The van der Waals surface area contributed by atoms with Crippen LogP contribution in [0, 0.1) is 0 Å². The summed E-state index contributed by atoms with van der Waals surface area (Å²) in [6.45, 7) is 4.50. The van der Waals surface area contributed by atoms with E-state index in [1.54, 1.807) is 6.07 Å². The van der Waals surface area contributed by atoms with Crippen molar-refractivity contribution < 1.29 is 13.2 Å². The Morgan fingerprint density at radius 3 is 2.50 bits per heavy atom. The number of nitrogens with one attached hydrogen (secondary N) is 1. The van der Waals surface area contributed by atoms with Gasteiger partial charge in [-0.2, -0.15) is 13.2 Å². The summed E-state index contributed by atoms with van der Waals surface area (Å²) in [7, 11) is 0. The maximum atomic E-state index is 12.8. The standard InChI is InChI=1S/C14H18ClF3N2/c1-2-19-10-5-7-20(8-6-10)11-3-4-13(15)12(9-11)14(16,17)18/h3-4,9-10,19H,2,5-8H2,1H3. The van der Waals surface area contributed by atoms with E-state index in [1.807, 2.05) is 4.90 Å². The average molecular weight is 307 g/mol. The van der Waals surface area contributed by atoms with Crippen molar-refractivity contribution in [3.05, 3.63) is 28.8 Å². The van der Waals surface area contributed by atoms with Crippen molar-refractivity contribution in [2.24, 2.45) is 0 Å². The summed E-state index contributed by atoms with van der Waals surface area (Å²) in [5.41, 5.74) is -0.165. The van der Waals surface area contributed by atoms with Gasteiger partial charge in [0, 0.05) is 24.8 Å². The van der Waals surface area contributed by atoms with E-state index in [-0.39, 0.29) is 5.02 Å². The van der Waals surface area contributed by atoms with Gasteiger partial charge in [0.15, 0.2) is 0 Å². The van der Waals surface area contributed by atoms with E-state index in [0.29, 0.717) is 11.7 Å². The molecule has 1 saturated heterocycles. The summed E-state index contributed by atoms with van der Waals surface area (Å²) in [4.78, 5) is 1.99. The highest BCUT2D eigenvalue weighted by Crippen LogP contribution is 2.37. The third-order valence-electron chi connectivity index (χ3n) is 3.61. The molecule has 1 heterocycles. The predicted molar refractivity (Wildman–Crippen MR) is 75.4 cm³/mol. The first-order valence-electron chi connectivity index (χ1n) is 6.77. The Labute approximate surface area is 121 Å². The van der Waals surface area contributed by atoms with Gasteiger partial charge in [-0.15, -0.1) is 0 Å². The van der Waals surface area contributed by atoms with E-state index in [9.17, 15) is 13.2 Å². The smallest absolute Gasteiger partial charge is 0.371 e. The number of benzene rings is 1. The fourth-order valence-electron chi connectivity index (χ4n) is 2.56. The fraction of sp³-hybridized carbons (Fsp3) is 0.571. The van der Waals surface area contributed by atoms with Crippen LogP contribution in [-0.4, -0.2) is 25.7 Å². The number of hydrogen-bond donors (Lipinski definition) is 1. The summed E-state index contributed by atoms with van der Waals surface area (Å²) in [6.07, 6.45) is -2.52. The molecule has 1 aromatic carbocycles. The molecule has 1 aliphatic heterocycles. The van der Waals surface area contributed by atoms with E-state index in [2.05, 4.69) is 12.2 Å². The van der Waals surface area contributed by atoms with E-state index >= 15 is 0 Å². The molecule has 20 heavy (non-hydrogen) atoms. The first-order chi connectivity index (χ1) is 9.41. The number of piperidine rings is 1. The zero-order valence-electron chi connectivity index (χ0n) is 11.3. The summed E-state index contributed by atoms with van der Waals surface area (Å²) in [5, 5.41) is 3.13. The van der Waals surface area contributed by atoms with Crippen LogP contribution >= 0.6 is 11.6 Å². The minimum atomic E-state index is -4.41. The number of anilines is 1. The van der Waals surface area contributed by atoms with Gasteiger partial charge in [-0.3, -0.25) is 0 Å². The van der Waals surface area contributed by atoms with Gasteiger partial charge < -0.3 is 10.2 Å². The molecule has 0 amide bonds. The van der Waals surface area contributed by atoms with Crippen LogP contribution in [0.3, 0.4) is 0 Å². The number of nitrogens with zero attached hydrogens (tertiary/aromatic N) is 1. The number of alkyl halides is 3. The molecule has 1 fully saturated rings. The SMILES string of the molecule is CCNC1CCN(c2ccc(Cl)c(C(F)(F)F)c2)CC1. The first-order valence-corrected chi connectivity index (χ1v) is 7.14. The van der Waals surface area contributed by atoms with E-state index in [4.69, 9.17) is 11.6 Å². The van der Waals surface area contributed by atoms with Gasteiger partial charge in [0.2, 0.25) is 0 Å². The minimum Gasteiger partial charge on any atom is -0.371 e. The topological polar surface area (TPSA) is 15.3 Å².